The summed E-state index contributed by atoms with van der Waals surface area (Å²) >= 11 is 0. The van der Waals surface area contributed by atoms with Gasteiger partial charge in [0.05, 0.1) is 0 Å². The first-order valence-electron chi connectivity index (χ1n) is 20.2. The summed E-state index contributed by atoms with van der Waals surface area (Å²) in [5.74, 6) is 0. The van der Waals surface area contributed by atoms with Gasteiger partial charge in [-0.25, -0.2) is 0 Å². The fourth-order valence-electron chi connectivity index (χ4n) is 11.0. The van der Waals surface area contributed by atoms with Gasteiger partial charge < -0.3 is 0 Å². The lowest BCUT2D eigenvalue weighted by atomic mass is 9.70. The minimum absolute atomic E-state index is 0.221. The van der Waals surface area contributed by atoms with Crippen molar-refractivity contribution < 1.29 is 0 Å². The summed E-state index contributed by atoms with van der Waals surface area (Å²) in [7, 11) is 0. The Hall–Kier alpha value is -6.50. The molecular weight excluding hydrogens is 673 g/mol. The van der Waals surface area contributed by atoms with Crippen molar-refractivity contribution in [3.8, 4) is 44.5 Å². The van der Waals surface area contributed by atoms with Gasteiger partial charge in [-0.3, -0.25) is 0 Å². The molecule has 2 aliphatic carbocycles. The molecule has 9 aromatic carbocycles. The van der Waals surface area contributed by atoms with Crippen LogP contribution in [0.25, 0.3) is 66.1 Å². The monoisotopic (exact) mass is 714 g/mol. The molecule has 0 amide bonds. The molecule has 0 radical (unpaired) electrons. The highest BCUT2D eigenvalue weighted by molar-refractivity contribution is 6.21. The van der Waals surface area contributed by atoms with Crippen molar-refractivity contribution in [2.45, 2.75) is 37.5 Å². The Balaban J connectivity index is 1.17. The lowest BCUT2D eigenvalue weighted by Gasteiger charge is -2.32. The van der Waals surface area contributed by atoms with Crippen molar-refractivity contribution in [3.63, 3.8) is 0 Å². The number of benzene rings is 9. The first kappa shape index (κ1) is 32.9. The Morgan fingerprint density at radius 1 is 0.304 bits per heavy atom. The average Bonchev–Trinajstić information content (AvgIpc) is 3.73. The van der Waals surface area contributed by atoms with E-state index >= 15 is 0 Å². The van der Waals surface area contributed by atoms with Gasteiger partial charge in [0.25, 0.3) is 0 Å². The zero-order chi connectivity index (χ0) is 37.4. The zero-order valence-electron chi connectivity index (χ0n) is 31.9. The Bertz CT molecular complexity index is 2730. The Morgan fingerprint density at radius 2 is 0.625 bits per heavy atom. The highest BCUT2D eigenvalue weighted by atomic mass is 14.5. The molecule has 9 aromatic rings. The lowest BCUT2D eigenvalue weighted by Crippen LogP contribution is -2.25. The number of hydrogen-bond acceptors (Lipinski definition) is 0. The molecule has 0 N–H and O–H groups in total. The van der Waals surface area contributed by atoms with Crippen LogP contribution in [-0.2, 0) is 10.8 Å². The number of hydrogen-bond donors (Lipinski definition) is 0. The van der Waals surface area contributed by atoms with Crippen LogP contribution in [0.3, 0.4) is 0 Å². The van der Waals surface area contributed by atoms with E-state index in [0.717, 1.165) is 12.8 Å². The van der Waals surface area contributed by atoms with E-state index in [9.17, 15) is 0 Å². The van der Waals surface area contributed by atoms with Gasteiger partial charge in [0.2, 0.25) is 0 Å². The Morgan fingerprint density at radius 3 is 1.00 bits per heavy atom. The van der Waals surface area contributed by atoms with Crippen LogP contribution in [0.2, 0.25) is 0 Å². The molecule has 0 bridgehead atoms. The molecule has 2 unspecified atom stereocenters. The molecule has 0 aromatic heterocycles. The molecule has 0 nitrogen and oxygen atoms in total. The van der Waals surface area contributed by atoms with Crippen LogP contribution in [0, 0.1) is 0 Å². The zero-order valence-corrected chi connectivity index (χ0v) is 31.9. The molecule has 11 rings (SSSR count). The van der Waals surface area contributed by atoms with Gasteiger partial charge in [-0.15, -0.1) is 0 Å². The van der Waals surface area contributed by atoms with Gasteiger partial charge in [0, 0.05) is 10.8 Å². The maximum absolute atomic E-state index is 2.53. The summed E-state index contributed by atoms with van der Waals surface area (Å²) in [6.45, 7) is 4.70. The van der Waals surface area contributed by atoms with Crippen molar-refractivity contribution in [1.82, 2.24) is 0 Å². The molecular formula is C56H42. The minimum atomic E-state index is -0.221. The summed E-state index contributed by atoms with van der Waals surface area (Å²) in [6.07, 6.45) is 1.96. The predicted octanol–water partition coefficient (Wildman–Crippen LogP) is 14.8. The standard InChI is InChI=1S/C56H42/c1-3-55(39-19-7-5-8-20-39)49-29-17-15-23-41(49)43-33-31-37(35-51(43)55)53-45-25-11-13-27-47(45)54(48-28-14-12-26-46(48)53)38-32-34-44-42-24-16-18-30-50(42)56(4-2,52(44)36-38)40-21-9-6-10-22-40/h5-36H,3-4H2,1-2H3. The smallest absolute Gasteiger partial charge is 0.0461 e. The molecule has 0 saturated heterocycles. The topological polar surface area (TPSA) is 0 Å². The van der Waals surface area contributed by atoms with E-state index in [1.54, 1.807) is 0 Å². The second-order valence-corrected chi connectivity index (χ2v) is 15.7. The van der Waals surface area contributed by atoms with E-state index < -0.39 is 0 Å². The Labute approximate surface area is 329 Å². The van der Waals surface area contributed by atoms with Crippen LogP contribution in [-0.4, -0.2) is 0 Å². The fourth-order valence-corrected chi connectivity index (χ4v) is 11.0. The van der Waals surface area contributed by atoms with Gasteiger partial charge in [-0.1, -0.05) is 196 Å². The molecule has 0 fully saturated rings. The molecule has 2 aliphatic rings. The van der Waals surface area contributed by atoms with E-state index in [-0.39, 0.29) is 10.8 Å². The van der Waals surface area contributed by atoms with Crippen molar-refractivity contribution in [1.29, 1.82) is 0 Å². The predicted molar refractivity (Wildman–Crippen MR) is 236 cm³/mol. The van der Waals surface area contributed by atoms with Gasteiger partial charge in [0.15, 0.2) is 0 Å². The third-order valence-corrected chi connectivity index (χ3v) is 13.4. The van der Waals surface area contributed by atoms with Crippen molar-refractivity contribution >= 4 is 21.5 Å². The van der Waals surface area contributed by atoms with E-state index in [2.05, 4.69) is 208 Å². The molecule has 0 heterocycles. The van der Waals surface area contributed by atoms with Gasteiger partial charge in [-0.05, 0) is 124 Å². The second kappa shape index (κ2) is 12.5. The summed E-state index contributed by atoms with van der Waals surface area (Å²) in [6, 6.07) is 73.3. The summed E-state index contributed by atoms with van der Waals surface area (Å²) in [5, 5.41) is 5.14. The molecule has 0 aliphatic heterocycles. The Kier molecular flexibility index (Phi) is 7.35. The third-order valence-electron chi connectivity index (χ3n) is 13.4. The number of fused-ring (bicyclic) bond motifs is 8. The van der Waals surface area contributed by atoms with Crippen LogP contribution in [0.4, 0.5) is 0 Å². The van der Waals surface area contributed by atoms with Crippen molar-refractivity contribution in [2.24, 2.45) is 0 Å². The lowest BCUT2D eigenvalue weighted by molar-refractivity contribution is 0.609. The maximum Gasteiger partial charge on any atom is 0.0461 e. The van der Waals surface area contributed by atoms with Crippen LogP contribution in [0.15, 0.2) is 194 Å². The molecule has 266 valence electrons. The first-order chi connectivity index (χ1) is 27.7. The maximum atomic E-state index is 2.53. The second-order valence-electron chi connectivity index (χ2n) is 15.7. The summed E-state index contributed by atoms with van der Waals surface area (Å²) in [5.41, 5.74) is 18.4. The first-order valence-corrected chi connectivity index (χ1v) is 20.2. The normalized spacial score (nSPS) is 17.8. The van der Waals surface area contributed by atoms with E-state index in [1.807, 2.05) is 0 Å². The van der Waals surface area contributed by atoms with Crippen LogP contribution in [0.5, 0.6) is 0 Å². The molecule has 0 spiro atoms. The van der Waals surface area contributed by atoms with Crippen LogP contribution in [0.1, 0.15) is 60.1 Å². The van der Waals surface area contributed by atoms with E-state index in [4.69, 9.17) is 0 Å². The minimum Gasteiger partial charge on any atom is -0.0639 e. The largest absolute Gasteiger partial charge is 0.0639 e. The van der Waals surface area contributed by atoms with E-state index in [1.165, 1.54) is 99.4 Å². The highest BCUT2D eigenvalue weighted by Crippen LogP contribution is 2.57. The molecule has 0 saturated carbocycles. The SMILES string of the molecule is CCC1(c2ccccc2)c2ccccc2-c2ccc(-c3c4ccccc4c(-c4ccc5c(c4)C(CC)(c4ccccc4)c4ccccc4-5)c4ccccc34)cc21. The highest BCUT2D eigenvalue weighted by Gasteiger charge is 2.44. The summed E-state index contributed by atoms with van der Waals surface area (Å²) in [4.78, 5) is 0. The fraction of sp³-hybridized carbons (Fsp3) is 0.107. The summed E-state index contributed by atoms with van der Waals surface area (Å²) < 4.78 is 0. The van der Waals surface area contributed by atoms with Crippen LogP contribution < -0.4 is 0 Å². The third kappa shape index (κ3) is 4.36. The number of rotatable bonds is 6. The molecule has 0 heteroatoms. The van der Waals surface area contributed by atoms with Crippen LogP contribution >= 0.6 is 0 Å². The molecule has 56 heavy (non-hydrogen) atoms. The van der Waals surface area contributed by atoms with Gasteiger partial charge in [0.1, 0.15) is 0 Å². The average molecular weight is 715 g/mol. The quantitative estimate of drug-likeness (QED) is 0.150. The van der Waals surface area contributed by atoms with Crippen molar-refractivity contribution in [3.05, 3.63) is 228 Å². The van der Waals surface area contributed by atoms with Gasteiger partial charge in [-0.2, -0.15) is 0 Å². The van der Waals surface area contributed by atoms with E-state index in [0.29, 0.717) is 0 Å². The molecule has 2 atom stereocenters. The van der Waals surface area contributed by atoms with Crippen molar-refractivity contribution in [2.75, 3.05) is 0 Å². The van der Waals surface area contributed by atoms with Gasteiger partial charge >= 0.3 is 0 Å².